The van der Waals surface area contributed by atoms with Crippen molar-refractivity contribution in [2.75, 3.05) is 6.54 Å². The van der Waals surface area contributed by atoms with Gasteiger partial charge in [-0.1, -0.05) is 12.1 Å². The third kappa shape index (κ3) is 2.03. The normalized spacial score (nSPS) is 25.1. The van der Waals surface area contributed by atoms with Crippen LogP contribution in [0.25, 0.3) is 0 Å². The number of carbonyl (C=O) groups excluding carboxylic acids is 1. The molecule has 0 bridgehead atoms. The van der Waals surface area contributed by atoms with Crippen molar-refractivity contribution < 1.29 is 9.18 Å². The van der Waals surface area contributed by atoms with Gasteiger partial charge in [0.25, 0.3) is 0 Å². The smallest absolute Gasteiger partial charge is 0.158 e. The van der Waals surface area contributed by atoms with Crippen LogP contribution in [0.15, 0.2) is 24.3 Å². The van der Waals surface area contributed by atoms with Gasteiger partial charge in [-0.2, -0.15) is 0 Å². The van der Waals surface area contributed by atoms with Gasteiger partial charge in [0.15, 0.2) is 5.78 Å². The number of carbonyl (C=O) groups is 1. The van der Waals surface area contributed by atoms with E-state index in [0.717, 1.165) is 5.56 Å². The highest BCUT2D eigenvalue weighted by Gasteiger charge is 2.38. The van der Waals surface area contributed by atoms with E-state index in [-0.39, 0.29) is 24.0 Å². The summed E-state index contributed by atoms with van der Waals surface area (Å²) in [5, 5.41) is 3.15. The molecule has 1 saturated heterocycles. The minimum Gasteiger partial charge on any atom is -0.301 e. The number of Topliss-reactive ketones (excluding diaryl/α,β-unsaturated/α-hetero) is 1. The summed E-state index contributed by atoms with van der Waals surface area (Å²) >= 11 is 0. The van der Waals surface area contributed by atoms with Gasteiger partial charge in [0.2, 0.25) is 0 Å². The topological polar surface area (TPSA) is 29.1 Å². The molecule has 2 rings (SSSR count). The lowest BCUT2D eigenvalue weighted by atomic mass is 9.89. The van der Waals surface area contributed by atoms with E-state index < -0.39 is 5.54 Å². The minimum atomic E-state index is -0.617. The second kappa shape index (κ2) is 4.29. The standard InChI is InChI=1S/C11H12FNO.ClH/c1-11(10(14)6-7-13-11)8-2-4-9(12)5-3-8;/h2-5,13H,6-7H2,1H3;1H. The predicted octanol–water partition coefficient (Wildman–Crippen LogP) is 2.03. The molecule has 82 valence electrons. The molecule has 0 aromatic heterocycles. The molecule has 1 aliphatic rings. The summed E-state index contributed by atoms with van der Waals surface area (Å²) in [6, 6.07) is 6.08. The molecule has 1 atom stereocenters. The number of nitrogens with one attached hydrogen (secondary N) is 1. The van der Waals surface area contributed by atoms with Crippen molar-refractivity contribution in [3.63, 3.8) is 0 Å². The SMILES string of the molecule is CC1(c2ccc(F)cc2)NCCC1=O.Cl. The van der Waals surface area contributed by atoms with Crippen LogP contribution in [-0.4, -0.2) is 12.3 Å². The average Bonchev–Trinajstić information content (AvgIpc) is 2.49. The Morgan fingerprint density at radius 2 is 1.93 bits per heavy atom. The van der Waals surface area contributed by atoms with Gasteiger partial charge in [-0.15, -0.1) is 12.4 Å². The zero-order valence-electron chi connectivity index (χ0n) is 8.42. The van der Waals surface area contributed by atoms with Gasteiger partial charge in [0.1, 0.15) is 11.4 Å². The molecule has 0 aliphatic carbocycles. The summed E-state index contributed by atoms with van der Waals surface area (Å²) < 4.78 is 12.7. The lowest BCUT2D eigenvalue weighted by molar-refractivity contribution is -0.122. The number of benzene rings is 1. The molecular weight excluding hydrogens is 217 g/mol. The highest BCUT2D eigenvalue weighted by Crippen LogP contribution is 2.27. The largest absolute Gasteiger partial charge is 0.301 e. The lowest BCUT2D eigenvalue weighted by Gasteiger charge is -2.22. The van der Waals surface area contributed by atoms with Crippen LogP contribution in [-0.2, 0) is 10.3 Å². The molecular formula is C11H13ClFNO. The molecule has 0 radical (unpaired) electrons. The van der Waals surface area contributed by atoms with E-state index in [1.165, 1.54) is 12.1 Å². The number of ketones is 1. The Morgan fingerprint density at radius 3 is 2.40 bits per heavy atom. The van der Waals surface area contributed by atoms with Crippen LogP contribution in [0.4, 0.5) is 4.39 Å². The predicted molar refractivity (Wildman–Crippen MR) is 58.6 cm³/mol. The Morgan fingerprint density at radius 1 is 1.33 bits per heavy atom. The number of hydrogen-bond donors (Lipinski definition) is 1. The zero-order chi connectivity index (χ0) is 10.2. The Labute approximate surface area is 94.3 Å². The van der Waals surface area contributed by atoms with Gasteiger partial charge >= 0.3 is 0 Å². The lowest BCUT2D eigenvalue weighted by Crippen LogP contribution is -2.38. The fourth-order valence-corrected chi connectivity index (χ4v) is 1.82. The minimum absolute atomic E-state index is 0. The zero-order valence-corrected chi connectivity index (χ0v) is 9.23. The van der Waals surface area contributed by atoms with Crippen molar-refractivity contribution in [2.24, 2.45) is 0 Å². The summed E-state index contributed by atoms with van der Waals surface area (Å²) in [5.74, 6) is -0.105. The Kier molecular flexibility index (Phi) is 3.47. The van der Waals surface area contributed by atoms with Crippen molar-refractivity contribution in [1.29, 1.82) is 0 Å². The van der Waals surface area contributed by atoms with Crippen molar-refractivity contribution in [3.8, 4) is 0 Å². The van der Waals surface area contributed by atoms with Crippen LogP contribution in [0.3, 0.4) is 0 Å². The highest BCUT2D eigenvalue weighted by atomic mass is 35.5. The first-order valence-corrected chi connectivity index (χ1v) is 4.67. The van der Waals surface area contributed by atoms with Crippen LogP contribution in [0.5, 0.6) is 0 Å². The molecule has 1 fully saturated rings. The van der Waals surface area contributed by atoms with Crippen LogP contribution >= 0.6 is 12.4 Å². The van der Waals surface area contributed by atoms with E-state index in [9.17, 15) is 9.18 Å². The summed E-state index contributed by atoms with van der Waals surface area (Å²) in [6.07, 6.45) is 0.549. The van der Waals surface area contributed by atoms with E-state index in [4.69, 9.17) is 0 Å². The van der Waals surface area contributed by atoms with E-state index in [1.54, 1.807) is 12.1 Å². The fraction of sp³-hybridized carbons (Fsp3) is 0.364. The molecule has 1 heterocycles. The highest BCUT2D eigenvalue weighted by molar-refractivity contribution is 5.91. The first kappa shape index (κ1) is 12.1. The molecule has 1 N–H and O–H groups in total. The Hall–Kier alpha value is -0.930. The number of halogens is 2. The Balaban J connectivity index is 0.00000112. The fourth-order valence-electron chi connectivity index (χ4n) is 1.82. The van der Waals surface area contributed by atoms with Crippen molar-refractivity contribution in [2.45, 2.75) is 18.9 Å². The van der Waals surface area contributed by atoms with Crippen molar-refractivity contribution >= 4 is 18.2 Å². The molecule has 15 heavy (non-hydrogen) atoms. The van der Waals surface area contributed by atoms with Gasteiger partial charge in [-0.25, -0.2) is 4.39 Å². The summed E-state index contributed by atoms with van der Waals surface area (Å²) in [7, 11) is 0. The van der Waals surface area contributed by atoms with Crippen molar-refractivity contribution in [1.82, 2.24) is 5.32 Å². The number of rotatable bonds is 1. The second-order valence-corrected chi connectivity index (χ2v) is 3.73. The molecule has 0 amide bonds. The van der Waals surface area contributed by atoms with Crippen LogP contribution in [0.1, 0.15) is 18.9 Å². The van der Waals surface area contributed by atoms with Crippen LogP contribution in [0, 0.1) is 5.82 Å². The monoisotopic (exact) mass is 229 g/mol. The molecule has 0 spiro atoms. The molecule has 4 heteroatoms. The maximum absolute atomic E-state index is 12.7. The van der Waals surface area contributed by atoms with Gasteiger partial charge in [0, 0.05) is 13.0 Å². The van der Waals surface area contributed by atoms with E-state index in [0.29, 0.717) is 13.0 Å². The maximum atomic E-state index is 12.7. The molecule has 1 aliphatic heterocycles. The molecule has 1 unspecified atom stereocenters. The van der Waals surface area contributed by atoms with E-state index in [2.05, 4.69) is 5.32 Å². The second-order valence-electron chi connectivity index (χ2n) is 3.73. The summed E-state index contributed by atoms with van der Waals surface area (Å²) in [6.45, 7) is 2.54. The molecule has 1 aromatic rings. The first-order chi connectivity index (χ1) is 6.63. The van der Waals surface area contributed by atoms with Gasteiger partial charge in [-0.3, -0.25) is 4.79 Å². The van der Waals surface area contributed by atoms with Gasteiger partial charge in [0.05, 0.1) is 0 Å². The van der Waals surface area contributed by atoms with Gasteiger partial charge in [-0.05, 0) is 24.6 Å². The molecule has 2 nitrogen and oxygen atoms in total. The van der Waals surface area contributed by atoms with E-state index >= 15 is 0 Å². The third-order valence-corrected chi connectivity index (χ3v) is 2.81. The first-order valence-electron chi connectivity index (χ1n) is 4.67. The summed E-state index contributed by atoms with van der Waals surface area (Å²) in [5.41, 5.74) is 0.217. The average molecular weight is 230 g/mol. The third-order valence-electron chi connectivity index (χ3n) is 2.81. The Bertz CT molecular complexity index is 365. The quantitative estimate of drug-likeness (QED) is 0.799. The van der Waals surface area contributed by atoms with Crippen LogP contribution < -0.4 is 5.32 Å². The number of hydrogen-bond acceptors (Lipinski definition) is 2. The maximum Gasteiger partial charge on any atom is 0.158 e. The van der Waals surface area contributed by atoms with Crippen molar-refractivity contribution in [3.05, 3.63) is 35.6 Å². The summed E-state index contributed by atoms with van der Waals surface area (Å²) in [4.78, 5) is 11.6. The molecule has 1 aromatic carbocycles. The van der Waals surface area contributed by atoms with Crippen LogP contribution in [0.2, 0.25) is 0 Å². The van der Waals surface area contributed by atoms with E-state index in [1.807, 2.05) is 6.92 Å². The molecule has 0 saturated carbocycles. The van der Waals surface area contributed by atoms with Gasteiger partial charge < -0.3 is 5.32 Å².